The standard InChI is InChI=1S/C18H28FN3O2/c1-15(2)14-24-13-3-8-20-18(23)22-11-9-21(10-12-22)17-6-4-16(19)5-7-17/h4-7,15H,3,8-14H2,1-2H3,(H,20,23). The number of nitrogens with one attached hydrogen (secondary N) is 1. The predicted octanol–water partition coefficient (Wildman–Crippen LogP) is 2.72. The van der Waals surface area contributed by atoms with Crippen LogP contribution in [0, 0.1) is 11.7 Å². The van der Waals surface area contributed by atoms with E-state index in [9.17, 15) is 9.18 Å². The van der Waals surface area contributed by atoms with Crippen LogP contribution < -0.4 is 10.2 Å². The Hall–Kier alpha value is -1.82. The van der Waals surface area contributed by atoms with E-state index < -0.39 is 0 Å². The first-order valence-electron chi connectivity index (χ1n) is 8.67. The number of carbonyl (C=O) groups excluding carboxylic acids is 1. The Morgan fingerprint density at radius 3 is 2.50 bits per heavy atom. The average molecular weight is 337 g/mol. The molecule has 6 heteroatoms. The lowest BCUT2D eigenvalue weighted by atomic mass is 10.2. The van der Waals surface area contributed by atoms with Crippen molar-refractivity contribution in [3.63, 3.8) is 0 Å². The van der Waals surface area contributed by atoms with Gasteiger partial charge in [-0.15, -0.1) is 0 Å². The van der Waals surface area contributed by atoms with Crippen LogP contribution in [-0.2, 0) is 4.74 Å². The number of hydrogen-bond acceptors (Lipinski definition) is 3. The smallest absolute Gasteiger partial charge is 0.317 e. The van der Waals surface area contributed by atoms with E-state index in [1.165, 1.54) is 12.1 Å². The fraction of sp³-hybridized carbons (Fsp3) is 0.611. The summed E-state index contributed by atoms with van der Waals surface area (Å²) in [6.45, 7) is 9.18. The van der Waals surface area contributed by atoms with Crippen molar-refractivity contribution in [3.8, 4) is 0 Å². The summed E-state index contributed by atoms with van der Waals surface area (Å²) < 4.78 is 18.5. The molecule has 0 bridgehead atoms. The Morgan fingerprint density at radius 2 is 1.88 bits per heavy atom. The molecule has 2 rings (SSSR count). The van der Waals surface area contributed by atoms with Crippen molar-refractivity contribution in [2.24, 2.45) is 5.92 Å². The molecule has 1 heterocycles. The van der Waals surface area contributed by atoms with Gasteiger partial charge in [0.2, 0.25) is 0 Å². The van der Waals surface area contributed by atoms with Gasteiger partial charge in [-0.2, -0.15) is 0 Å². The summed E-state index contributed by atoms with van der Waals surface area (Å²) in [6, 6.07) is 6.48. The number of urea groups is 1. The van der Waals surface area contributed by atoms with E-state index in [2.05, 4.69) is 24.1 Å². The molecule has 0 saturated carbocycles. The molecule has 0 atom stereocenters. The van der Waals surface area contributed by atoms with Crippen molar-refractivity contribution in [1.29, 1.82) is 0 Å². The van der Waals surface area contributed by atoms with E-state index in [0.717, 1.165) is 31.8 Å². The Morgan fingerprint density at radius 1 is 1.21 bits per heavy atom. The van der Waals surface area contributed by atoms with Crippen LogP contribution in [-0.4, -0.2) is 56.9 Å². The van der Waals surface area contributed by atoms with Gasteiger partial charge < -0.3 is 19.9 Å². The molecule has 1 aromatic rings. The second-order valence-electron chi connectivity index (χ2n) is 6.50. The van der Waals surface area contributed by atoms with Crippen LogP contribution in [0.5, 0.6) is 0 Å². The lowest BCUT2D eigenvalue weighted by Crippen LogP contribution is -2.52. The van der Waals surface area contributed by atoms with Crippen molar-refractivity contribution in [3.05, 3.63) is 30.1 Å². The molecule has 0 spiro atoms. The zero-order valence-corrected chi connectivity index (χ0v) is 14.6. The predicted molar refractivity (Wildman–Crippen MR) is 93.9 cm³/mol. The molecule has 0 radical (unpaired) electrons. The Labute approximate surface area is 143 Å². The summed E-state index contributed by atoms with van der Waals surface area (Å²) in [5.41, 5.74) is 0.999. The van der Waals surface area contributed by atoms with Gasteiger partial charge in [0.05, 0.1) is 0 Å². The minimum absolute atomic E-state index is 0.0161. The lowest BCUT2D eigenvalue weighted by molar-refractivity contribution is 0.107. The first kappa shape index (κ1) is 18.5. The van der Waals surface area contributed by atoms with Gasteiger partial charge in [-0.05, 0) is 36.6 Å². The molecule has 0 unspecified atom stereocenters. The SMILES string of the molecule is CC(C)COCCCNC(=O)N1CCN(c2ccc(F)cc2)CC1. The fourth-order valence-electron chi connectivity index (χ4n) is 2.62. The highest BCUT2D eigenvalue weighted by molar-refractivity contribution is 5.74. The molecule has 24 heavy (non-hydrogen) atoms. The number of halogens is 1. The lowest BCUT2D eigenvalue weighted by Gasteiger charge is -2.36. The number of carbonyl (C=O) groups is 1. The molecule has 1 aliphatic rings. The number of ether oxygens (including phenoxy) is 1. The molecule has 1 N–H and O–H groups in total. The summed E-state index contributed by atoms with van der Waals surface area (Å²) >= 11 is 0. The summed E-state index contributed by atoms with van der Waals surface area (Å²) in [4.78, 5) is 16.1. The number of piperazine rings is 1. The molecule has 0 aliphatic carbocycles. The monoisotopic (exact) mass is 337 g/mol. The maximum absolute atomic E-state index is 13.0. The van der Waals surface area contributed by atoms with E-state index in [1.54, 1.807) is 12.1 Å². The van der Waals surface area contributed by atoms with Gasteiger partial charge in [0, 0.05) is 51.6 Å². The van der Waals surface area contributed by atoms with Gasteiger partial charge in [-0.1, -0.05) is 13.8 Å². The van der Waals surface area contributed by atoms with Gasteiger partial charge in [0.1, 0.15) is 5.82 Å². The fourth-order valence-corrected chi connectivity index (χ4v) is 2.62. The number of anilines is 1. The summed E-state index contributed by atoms with van der Waals surface area (Å²) in [6.07, 6.45) is 0.827. The molecule has 5 nitrogen and oxygen atoms in total. The van der Waals surface area contributed by atoms with Gasteiger partial charge in [0.15, 0.2) is 0 Å². The molecular formula is C18H28FN3O2. The molecule has 1 aromatic carbocycles. The highest BCUT2D eigenvalue weighted by atomic mass is 19.1. The molecule has 1 saturated heterocycles. The highest BCUT2D eigenvalue weighted by Crippen LogP contribution is 2.16. The number of hydrogen-bond donors (Lipinski definition) is 1. The van der Waals surface area contributed by atoms with E-state index in [-0.39, 0.29) is 11.8 Å². The number of amides is 2. The molecule has 1 aliphatic heterocycles. The number of rotatable bonds is 7. The van der Waals surface area contributed by atoms with Crippen LogP contribution in [0.1, 0.15) is 20.3 Å². The van der Waals surface area contributed by atoms with Gasteiger partial charge in [-0.25, -0.2) is 9.18 Å². The third kappa shape index (κ3) is 6.00. The van der Waals surface area contributed by atoms with Gasteiger partial charge in [0.25, 0.3) is 0 Å². The zero-order valence-electron chi connectivity index (χ0n) is 14.6. The molecule has 1 fully saturated rings. The quantitative estimate of drug-likeness (QED) is 0.778. The molecule has 0 aromatic heterocycles. The Bertz CT molecular complexity index is 499. The summed E-state index contributed by atoms with van der Waals surface area (Å²) in [7, 11) is 0. The minimum Gasteiger partial charge on any atom is -0.381 e. The van der Waals surface area contributed by atoms with E-state index in [0.29, 0.717) is 32.2 Å². The largest absolute Gasteiger partial charge is 0.381 e. The van der Waals surface area contributed by atoms with Crippen LogP contribution >= 0.6 is 0 Å². The van der Waals surface area contributed by atoms with Gasteiger partial charge >= 0.3 is 6.03 Å². The summed E-state index contributed by atoms with van der Waals surface area (Å²) in [5.74, 6) is 0.311. The third-order valence-electron chi connectivity index (χ3n) is 3.95. The van der Waals surface area contributed by atoms with E-state index >= 15 is 0 Å². The minimum atomic E-state index is -0.228. The van der Waals surface area contributed by atoms with Crippen LogP contribution in [0.15, 0.2) is 24.3 Å². The first-order valence-corrected chi connectivity index (χ1v) is 8.67. The van der Waals surface area contributed by atoms with Crippen molar-refractivity contribution in [1.82, 2.24) is 10.2 Å². The van der Waals surface area contributed by atoms with Crippen LogP contribution in [0.3, 0.4) is 0 Å². The maximum atomic E-state index is 13.0. The van der Waals surface area contributed by atoms with Crippen molar-refractivity contribution < 1.29 is 13.9 Å². The van der Waals surface area contributed by atoms with Crippen LogP contribution in [0.25, 0.3) is 0 Å². The van der Waals surface area contributed by atoms with Crippen LogP contribution in [0.4, 0.5) is 14.9 Å². The highest BCUT2D eigenvalue weighted by Gasteiger charge is 2.20. The van der Waals surface area contributed by atoms with Crippen molar-refractivity contribution in [2.75, 3.05) is 50.8 Å². The molecular weight excluding hydrogens is 309 g/mol. The second-order valence-corrected chi connectivity index (χ2v) is 6.50. The Balaban J connectivity index is 1.63. The van der Waals surface area contributed by atoms with Crippen LogP contribution in [0.2, 0.25) is 0 Å². The molecule has 2 amide bonds. The summed E-state index contributed by atoms with van der Waals surface area (Å²) in [5, 5.41) is 2.94. The third-order valence-corrected chi connectivity index (χ3v) is 3.95. The normalized spacial score (nSPS) is 15.0. The second kappa shape index (κ2) is 9.47. The van der Waals surface area contributed by atoms with Crippen molar-refractivity contribution in [2.45, 2.75) is 20.3 Å². The number of benzene rings is 1. The first-order chi connectivity index (χ1) is 11.6. The average Bonchev–Trinajstić information content (AvgIpc) is 2.58. The van der Waals surface area contributed by atoms with Gasteiger partial charge in [-0.3, -0.25) is 0 Å². The molecule has 134 valence electrons. The zero-order chi connectivity index (χ0) is 17.4. The number of nitrogens with zero attached hydrogens (tertiary/aromatic N) is 2. The topological polar surface area (TPSA) is 44.8 Å². The van der Waals surface area contributed by atoms with E-state index in [4.69, 9.17) is 4.74 Å². The van der Waals surface area contributed by atoms with Crippen molar-refractivity contribution >= 4 is 11.7 Å². The van der Waals surface area contributed by atoms with E-state index in [1.807, 2.05) is 4.90 Å². The Kier molecular flexibility index (Phi) is 7.31. The maximum Gasteiger partial charge on any atom is 0.317 e.